The van der Waals surface area contributed by atoms with Crippen LogP contribution in [0.15, 0.2) is 64.4 Å². The molecule has 0 atom stereocenters. The first-order chi connectivity index (χ1) is 14.2. The minimum Gasteiger partial charge on any atom is -0.339 e. The van der Waals surface area contributed by atoms with Crippen molar-refractivity contribution in [1.82, 2.24) is 9.62 Å². The molecule has 2 N–H and O–H groups in total. The Morgan fingerprint density at radius 3 is 2.23 bits per heavy atom. The van der Waals surface area contributed by atoms with Crippen LogP contribution in [0.3, 0.4) is 0 Å². The van der Waals surface area contributed by atoms with E-state index in [0.29, 0.717) is 11.3 Å². The van der Waals surface area contributed by atoms with Crippen LogP contribution >= 0.6 is 11.8 Å². The third-order valence-corrected chi connectivity index (χ3v) is 6.79. The fourth-order valence-electron chi connectivity index (χ4n) is 2.40. The SMILES string of the molecule is CN(C)C(=O)Sc1ccc(NC(=O)/C=C/c2ccc(S(=O)(=O)NC3CC3)cc2)cc1. The van der Waals surface area contributed by atoms with Gasteiger partial charge in [0.25, 0.3) is 5.24 Å². The normalized spacial score (nSPS) is 13.9. The Labute approximate surface area is 180 Å². The molecule has 3 rings (SSSR count). The van der Waals surface area contributed by atoms with E-state index in [1.54, 1.807) is 56.6 Å². The Balaban J connectivity index is 1.54. The zero-order chi connectivity index (χ0) is 21.7. The van der Waals surface area contributed by atoms with Gasteiger partial charge in [0.15, 0.2) is 0 Å². The Hall–Kier alpha value is -2.62. The van der Waals surface area contributed by atoms with Crippen LogP contribution in [0.2, 0.25) is 0 Å². The maximum atomic E-state index is 12.2. The Bertz CT molecular complexity index is 1040. The summed E-state index contributed by atoms with van der Waals surface area (Å²) in [5, 5.41) is 2.67. The molecule has 0 heterocycles. The molecule has 158 valence electrons. The summed E-state index contributed by atoms with van der Waals surface area (Å²) in [7, 11) is -0.104. The molecule has 0 unspecified atom stereocenters. The highest BCUT2D eigenvalue weighted by Gasteiger charge is 2.27. The second kappa shape index (κ2) is 9.46. The van der Waals surface area contributed by atoms with Gasteiger partial charge in [-0.2, -0.15) is 0 Å². The molecular formula is C21H23N3O4S2. The average Bonchev–Trinajstić information content (AvgIpc) is 3.51. The smallest absolute Gasteiger partial charge is 0.285 e. The van der Waals surface area contributed by atoms with Gasteiger partial charge in [-0.25, -0.2) is 13.1 Å². The second-order valence-corrected chi connectivity index (χ2v) is 9.81. The summed E-state index contributed by atoms with van der Waals surface area (Å²) in [6.45, 7) is 0. The first-order valence-electron chi connectivity index (χ1n) is 9.33. The Morgan fingerprint density at radius 1 is 1.03 bits per heavy atom. The fourth-order valence-corrected chi connectivity index (χ4v) is 4.36. The van der Waals surface area contributed by atoms with Crippen LogP contribution in [0.5, 0.6) is 0 Å². The van der Waals surface area contributed by atoms with Gasteiger partial charge in [-0.05, 0) is 72.6 Å². The lowest BCUT2D eigenvalue weighted by Gasteiger charge is -2.09. The van der Waals surface area contributed by atoms with Crippen molar-refractivity contribution in [3.63, 3.8) is 0 Å². The van der Waals surface area contributed by atoms with Crippen LogP contribution in [0.4, 0.5) is 10.5 Å². The van der Waals surface area contributed by atoms with Crippen LogP contribution in [0, 0.1) is 0 Å². The molecule has 0 aromatic heterocycles. The lowest BCUT2D eigenvalue weighted by molar-refractivity contribution is -0.111. The number of nitrogens with one attached hydrogen (secondary N) is 2. The van der Waals surface area contributed by atoms with E-state index in [2.05, 4.69) is 10.0 Å². The van der Waals surface area contributed by atoms with Gasteiger partial charge in [-0.15, -0.1) is 0 Å². The minimum absolute atomic E-state index is 0.0550. The largest absolute Gasteiger partial charge is 0.339 e. The summed E-state index contributed by atoms with van der Waals surface area (Å²) in [6, 6.07) is 13.4. The van der Waals surface area contributed by atoms with Crippen molar-refractivity contribution >= 4 is 44.7 Å². The van der Waals surface area contributed by atoms with Gasteiger partial charge in [0, 0.05) is 36.8 Å². The summed E-state index contributed by atoms with van der Waals surface area (Å²) in [6.07, 6.45) is 4.75. The second-order valence-electron chi connectivity index (χ2n) is 7.07. The summed E-state index contributed by atoms with van der Waals surface area (Å²) in [5.74, 6) is -0.313. The number of rotatable bonds is 7. The molecule has 9 heteroatoms. The van der Waals surface area contributed by atoms with Crippen molar-refractivity contribution in [3.8, 4) is 0 Å². The number of thioether (sulfide) groups is 1. The summed E-state index contributed by atoms with van der Waals surface area (Å²) in [4.78, 5) is 26.3. The van der Waals surface area contributed by atoms with Crippen molar-refractivity contribution < 1.29 is 18.0 Å². The highest BCUT2D eigenvalue weighted by Crippen LogP contribution is 2.23. The van der Waals surface area contributed by atoms with E-state index in [1.807, 2.05) is 0 Å². The molecule has 2 aromatic rings. The number of carbonyl (C=O) groups excluding carboxylic acids is 2. The highest BCUT2D eigenvalue weighted by molar-refractivity contribution is 8.13. The number of hydrogen-bond donors (Lipinski definition) is 2. The fraction of sp³-hybridized carbons (Fsp3) is 0.238. The average molecular weight is 446 g/mol. The van der Waals surface area contributed by atoms with Crippen LogP contribution in [-0.2, 0) is 14.8 Å². The van der Waals surface area contributed by atoms with E-state index in [0.717, 1.165) is 29.5 Å². The van der Waals surface area contributed by atoms with Gasteiger partial charge in [-0.1, -0.05) is 12.1 Å². The molecule has 0 aliphatic heterocycles. The molecule has 1 saturated carbocycles. The lowest BCUT2D eigenvalue weighted by Crippen LogP contribution is -2.25. The number of sulfonamides is 1. The number of hydrogen-bond acceptors (Lipinski definition) is 5. The molecule has 1 aliphatic carbocycles. The van der Waals surface area contributed by atoms with Crippen molar-refractivity contribution in [2.45, 2.75) is 28.7 Å². The predicted octanol–water partition coefficient (Wildman–Crippen LogP) is 3.55. The van der Waals surface area contributed by atoms with E-state index >= 15 is 0 Å². The van der Waals surface area contributed by atoms with Gasteiger partial charge in [-0.3, -0.25) is 9.59 Å². The Kier molecular flexibility index (Phi) is 6.96. The molecular weight excluding hydrogens is 422 g/mol. The topological polar surface area (TPSA) is 95.6 Å². The van der Waals surface area contributed by atoms with Gasteiger partial charge in [0.2, 0.25) is 15.9 Å². The van der Waals surface area contributed by atoms with Gasteiger partial charge < -0.3 is 10.2 Å². The molecule has 1 aliphatic rings. The molecule has 0 bridgehead atoms. The van der Waals surface area contributed by atoms with Crippen LogP contribution in [-0.4, -0.2) is 44.6 Å². The molecule has 2 amide bonds. The van der Waals surface area contributed by atoms with Crippen LogP contribution < -0.4 is 10.0 Å². The molecule has 0 radical (unpaired) electrons. The Morgan fingerprint density at radius 2 is 1.67 bits per heavy atom. The van der Waals surface area contributed by atoms with Crippen molar-refractivity contribution in [1.29, 1.82) is 0 Å². The van der Waals surface area contributed by atoms with Crippen LogP contribution in [0.1, 0.15) is 18.4 Å². The maximum Gasteiger partial charge on any atom is 0.285 e. The quantitative estimate of drug-likeness (QED) is 0.502. The summed E-state index contributed by atoms with van der Waals surface area (Å²) >= 11 is 1.11. The van der Waals surface area contributed by atoms with Crippen molar-refractivity contribution in [2.24, 2.45) is 0 Å². The number of carbonyl (C=O) groups is 2. The molecule has 7 nitrogen and oxygen atoms in total. The van der Waals surface area contributed by atoms with Crippen molar-refractivity contribution in [2.75, 3.05) is 19.4 Å². The van der Waals surface area contributed by atoms with Gasteiger partial charge in [0.05, 0.1) is 4.90 Å². The molecule has 2 aromatic carbocycles. The standard InChI is InChI=1S/C21H23N3O4S2/c1-24(2)21(26)29-18-10-8-16(9-11-18)22-20(25)14-5-15-3-12-19(13-4-15)30(27,28)23-17-6-7-17/h3-5,8-14,17,23H,6-7H2,1-2H3,(H,22,25)/b14-5+. The predicted molar refractivity (Wildman–Crippen MR) is 119 cm³/mol. The van der Waals surface area contributed by atoms with E-state index in [-0.39, 0.29) is 22.1 Å². The third kappa shape index (κ3) is 6.45. The molecule has 1 fully saturated rings. The summed E-state index contributed by atoms with van der Waals surface area (Å²) < 4.78 is 27.0. The maximum absolute atomic E-state index is 12.2. The number of anilines is 1. The van der Waals surface area contributed by atoms with Gasteiger partial charge in [0.1, 0.15) is 0 Å². The zero-order valence-electron chi connectivity index (χ0n) is 16.7. The number of benzene rings is 2. The minimum atomic E-state index is -3.48. The number of amides is 2. The zero-order valence-corrected chi connectivity index (χ0v) is 18.3. The molecule has 0 spiro atoms. The van der Waals surface area contributed by atoms with E-state index < -0.39 is 10.0 Å². The van der Waals surface area contributed by atoms with E-state index in [9.17, 15) is 18.0 Å². The van der Waals surface area contributed by atoms with E-state index in [1.165, 1.54) is 23.1 Å². The summed E-state index contributed by atoms with van der Waals surface area (Å²) in [5.41, 5.74) is 1.32. The monoisotopic (exact) mass is 445 g/mol. The van der Waals surface area contributed by atoms with Gasteiger partial charge >= 0.3 is 0 Å². The number of nitrogens with zero attached hydrogens (tertiary/aromatic N) is 1. The molecule has 30 heavy (non-hydrogen) atoms. The van der Waals surface area contributed by atoms with E-state index in [4.69, 9.17) is 0 Å². The molecule has 0 saturated heterocycles. The highest BCUT2D eigenvalue weighted by atomic mass is 32.2. The third-order valence-electron chi connectivity index (χ3n) is 4.21. The van der Waals surface area contributed by atoms with Crippen LogP contribution in [0.25, 0.3) is 6.08 Å². The first kappa shape index (κ1) is 22.1. The van der Waals surface area contributed by atoms with Crippen molar-refractivity contribution in [3.05, 3.63) is 60.2 Å². The first-order valence-corrected chi connectivity index (χ1v) is 11.6. The lowest BCUT2D eigenvalue weighted by atomic mass is 10.2.